The highest BCUT2D eigenvalue weighted by atomic mass is 16.2. The van der Waals surface area contributed by atoms with E-state index in [0.717, 1.165) is 63.4 Å². The normalized spacial score (nSPS) is 19.9. The van der Waals surface area contributed by atoms with E-state index in [-0.39, 0.29) is 17.9 Å². The van der Waals surface area contributed by atoms with E-state index in [1.165, 1.54) is 5.56 Å². The maximum atomic E-state index is 12.7. The van der Waals surface area contributed by atoms with Gasteiger partial charge < -0.3 is 10.2 Å². The van der Waals surface area contributed by atoms with Gasteiger partial charge in [0.2, 0.25) is 11.8 Å². The lowest BCUT2D eigenvalue weighted by Crippen LogP contribution is -2.54. The molecule has 2 aliphatic rings. The molecule has 2 saturated heterocycles. The molecule has 0 radical (unpaired) electrons. The van der Waals surface area contributed by atoms with E-state index in [1.54, 1.807) is 0 Å². The number of benzene rings is 1. The van der Waals surface area contributed by atoms with Crippen molar-refractivity contribution in [1.29, 1.82) is 0 Å². The molecule has 2 amide bonds. The zero-order valence-corrected chi connectivity index (χ0v) is 16.8. The quantitative estimate of drug-likeness (QED) is 0.857. The molecular weight excluding hydrogens is 340 g/mol. The molecule has 0 spiro atoms. The van der Waals surface area contributed by atoms with E-state index in [4.69, 9.17) is 0 Å². The molecule has 0 bridgehead atoms. The molecule has 6 heteroatoms. The zero-order valence-electron chi connectivity index (χ0n) is 16.8. The molecule has 0 aliphatic carbocycles. The fourth-order valence-corrected chi connectivity index (χ4v) is 3.92. The summed E-state index contributed by atoms with van der Waals surface area (Å²) in [5.74, 6) is 0.283. The molecule has 0 unspecified atom stereocenters. The molecule has 1 aromatic carbocycles. The second-order valence-electron chi connectivity index (χ2n) is 7.88. The molecule has 0 saturated carbocycles. The van der Waals surface area contributed by atoms with Gasteiger partial charge in [0, 0.05) is 45.0 Å². The maximum Gasteiger partial charge on any atom is 0.241 e. The second kappa shape index (κ2) is 8.85. The van der Waals surface area contributed by atoms with Crippen molar-refractivity contribution >= 4 is 17.5 Å². The Morgan fingerprint density at radius 1 is 1.04 bits per heavy atom. The minimum Gasteiger partial charge on any atom is -0.342 e. The number of anilines is 1. The third-order valence-corrected chi connectivity index (χ3v) is 5.79. The van der Waals surface area contributed by atoms with Crippen LogP contribution in [-0.2, 0) is 9.59 Å². The first-order valence-corrected chi connectivity index (χ1v) is 10.1. The van der Waals surface area contributed by atoms with Gasteiger partial charge >= 0.3 is 0 Å². The highest BCUT2D eigenvalue weighted by molar-refractivity contribution is 5.95. The number of carbonyl (C=O) groups is 2. The van der Waals surface area contributed by atoms with E-state index in [0.29, 0.717) is 6.54 Å². The van der Waals surface area contributed by atoms with Gasteiger partial charge in [-0.2, -0.15) is 0 Å². The largest absolute Gasteiger partial charge is 0.342 e. The lowest BCUT2D eigenvalue weighted by Gasteiger charge is -2.37. The minimum absolute atomic E-state index is 0.0311. The Labute approximate surface area is 162 Å². The fraction of sp³-hybridized carbons (Fsp3) is 0.619. The number of rotatable bonds is 5. The van der Waals surface area contributed by atoms with Gasteiger partial charge in [-0.3, -0.25) is 19.4 Å². The van der Waals surface area contributed by atoms with Gasteiger partial charge in [0.25, 0.3) is 0 Å². The molecule has 27 heavy (non-hydrogen) atoms. The van der Waals surface area contributed by atoms with Crippen LogP contribution < -0.4 is 5.32 Å². The summed E-state index contributed by atoms with van der Waals surface area (Å²) < 4.78 is 0. The SMILES string of the molecule is Cc1ccc(NC(=O)[C@@H](C)N2CCN(CC(=O)N3CCCC3)CC2)c(C)c1. The number of aryl methyl sites for hydroxylation is 2. The average molecular weight is 373 g/mol. The lowest BCUT2D eigenvalue weighted by atomic mass is 10.1. The molecule has 148 valence electrons. The van der Waals surface area contributed by atoms with E-state index >= 15 is 0 Å². The molecular formula is C21H32N4O2. The summed E-state index contributed by atoms with van der Waals surface area (Å²) in [7, 11) is 0. The maximum absolute atomic E-state index is 12.7. The Hall–Kier alpha value is -1.92. The molecule has 1 aromatic rings. The van der Waals surface area contributed by atoms with Crippen molar-refractivity contribution in [3.63, 3.8) is 0 Å². The Balaban J connectivity index is 1.46. The van der Waals surface area contributed by atoms with Crippen molar-refractivity contribution in [1.82, 2.24) is 14.7 Å². The van der Waals surface area contributed by atoms with Crippen LogP contribution in [0.4, 0.5) is 5.69 Å². The summed E-state index contributed by atoms with van der Waals surface area (Å²) in [4.78, 5) is 31.4. The number of likely N-dealkylation sites (tertiary alicyclic amines) is 1. The van der Waals surface area contributed by atoms with Crippen molar-refractivity contribution in [2.45, 2.75) is 39.7 Å². The van der Waals surface area contributed by atoms with Crippen LogP contribution in [0.2, 0.25) is 0 Å². The van der Waals surface area contributed by atoms with Crippen LogP contribution >= 0.6 is 0 Å². The standard InChI is InChI=1S/C21H32N4O2/c1-16-6-7-19(17(2)14-16)22-21(27)18(3)24-12-10-23(11-13-24)15-20(26)25-8-4-5-9-25/h6-7,14,18H,4-5,8-13,15H2,1-3H3,(H,22,27)/t18-/m1/s1. The van der Waals surface area contributed by atoms with Crippen molar-refractivity contribution < 1.29 is 9.59 Å². The summed E-state index contributed by atoms with van der Waals surface area (Å²) in [5, 5.41) is 3.06. The molecule has 2 heterocycles. The van der Waals surface area contributed by atoms with Crippen LogP contribution in [0.3, 0.4) is 0 Å². The van der Waals surface area contributed by atoms with E-state index < -0.39 is 0 Å². The summed E-state index contributed by atoms with van der Waals surface area (Å²) in [6, 6.07) is 5.89. The molecule has 0 aromatic heterocycles. The van der Waals surface area contributed by atoms with Crippen molar-refractivity contribution in [3.05, 3.63) is 29.3 Å². The summed E-state index contributed by atoms with van der Waals surface area (Å²) >= 11 is 0. The van der Waals surface area contributed by atoms with Crippen molar-refractivity contribution in [2.24, 2.45) is 0 Å². The highest BCUT2D eigenvalue weighted by Gasteiger charge is 2.28. The number of amides is 2. The fourth-order valence-electron chi connectivity index (χ4n) is 3.92. The van der Waals surface area contributed by atoms with Gasteiger partial charge in [-0.25, -0.2) is 0 Å². The topological polar surface area (TPSA) is 55.9 Å². The van der Waals surface area contributed by atoms with Gasteiger partial charge in [-0.15, -0.1) is 0 Å². The number of carbonyl (C=O) groups excluding carboxylic acids is 2. The van der Waals surface area contributed by atoms with Crippen LogP contribution in [0.25, 0.3) is 0 Å². The van der Waals surface area contributed by atoms with Gasteiger partial charge in [-0.1, -0.05) is 17.7 Å². The monoisotopic (exact) mass is 372 g/mol. The number of nitrogens with zero attached hydrogens (tertiary/aromatic N) is 3. The summed E-state index contributed by atoms with van der Waals surface area (Å²) in [6.45, 7) is 11.7. The van der Waals surface area contributed by atoms with Crippen LogP contribution in [0.1, 0.15) is 30.9 Å². The van der Waals surface area contributed by atoms with Gasteiger partial charge in [-0.05, 0) is 45.2 Å². The van der Waals surface area contributed by atoms with E-state index in [1.807, 2.05) is 30.9 Å². The van der Waals surface area contributed by atoms with Crippen molar-refractivity contribution in [3.8, 4) is 0 Å². The Bertz CT molecular complexity index is 677. The molecule has 1 atom stereocenters. The van der Waals surface area contributed by atoms with Crippen LogP contribution in [0.15, 0.2) is 18.2 Å². The minimum atomic E-state index is -0.179. The van der Waals surface area contributed by atoms with Gasteiger partial charge in [0.05, 0.1) is 12.6 Å². The Morgan fingerprint density at radius 2 is 1.70 bits per heavy atom. The first-order valence-electron chi connectivity index (χ1n) is 10.1. The predicted molar refractivity (Wildman–Crippen MR) is 108 cm³/mol. The summed E-state index contributed by atoms with van der Waals surface area (Å²) in [5.41, 5.74) is 3.16. The van der Waals surface area contributed by atoms with E-state index in [9.17, 15) is 9.59 Å². The summed E-state index contributed by atoms with van der Waals surface area (Å²) in [6.07, 6.45) is 2.26. The third kappa shape index (κ3) is 5.08. The van der Waals surface area contributed by atoms with Crippen molar-refractivity contribution in [2.75, 3.05) is 51.1 Å². The Kier molecular flexibility index (Phi) is 6.50. The molecule has 1 N–H and O–H groups in total. The third-order valence-electron chi connectivity index (χ3n) is 5.79. The smallest absolute Gasteiger partial charge is 0.241 e. The first-order chi connectivity index (χ1) is 12.9. The number of nitrogens with one attached hydrogen (secondary N) is 1. The van der Waals surface area contributed by atoms with Gasteiger partial charge in [0.1, 0.15) is 0 Å². The number of hydrogen-bond acceptors (Lipinski definition) is 4. The zero-order chi connectivity index (χ0) is 19.4. The first kappa shape index (κ1) is 19.8. The average Bonchev–Trinajstić information content (AvgIpc) is 3.19. The predicted octanol–water partition coefficient (Wildman–Crippen LogP) is 1.87. The molecule has 2 fully saturated rings. The molecule has 6 nitrogen and oxygen atoms in total. The highest BCUT2D eigenvalue weighted by Crippen LogP contribution is 2.17. The Morgan fingerprint density at radius 3 is 2.33 bits per heavy atom. The molecule has 3 rings (SSSR count). The number of hydrogen-bond donors (Lipinski definition) is 1. The van der Waals surface area contributed by atoms with E-state index in [2.05, 4.69) is 28.1 Å². The van der Waals surface area contributed by atoms with Crippen LogP contribution in [0, 0.1) is 13.8 Å². The van der Waals surface area contributed by atoms with Crippen LogP contribution in [-0.4, -0.2) is 78.4 Å². The second-order valence-corrected chi connectivity index (χ2v) is 7.88. The molecule has 2 aliphatic heterocycles. The lowest BCUT2D eigenvalue weighted by molar-refractivity contribution is -0.132. The van der Waals surface area contributed by atoms with Crippen LogP contribution in [0.5, 0.6) is 0 Å². The number of piperazine rings is 1. The van der Waals surface area contributed by atoms with Gasteiger partial charge in [0.15, 0.2) is 0 Å².